The summed E-state index contributed by atoms with van der Waals surface area (Å²) in [4.78, 5) is 0. The summed E-state index contributed by atoms with van der Waals surface area (Å²) in [5.41, 5.74) is 0.712. The number of allylic oxidation sites excluding steroid dienone is 1. The van der Waals surface area contributed by atoms with Gasteiger partial charge >= 0.3 is 0 Å². The quantitative estimate of drug-likeness (QED) is 0.703. The monoisotopic (exact) mass is 198 g/mol. The molecule has 1 aliphatic rings. The predicted octanol–water partition coefficient (Wildman–Crippen LogP) is 2.37. The highest BCUT2D eigenvalue weighted by Crippen LogP contribution is 2.51. The van der Waals surface area contributed by atoms with Crippen LogP contribution in [0, 0.1) is 11.8 Å². The number of aliphatic hydroxyl groups is 1. The van der Waals surface area contributed by atoms with E-state index in [2.05, 4.69) is 19.9 Å². The Morgan fingerprint density at radius 2 is 2.21 bits per heavy atom. The highest BCUT2D eigenvalue weighted by atomic mass is 16.5. The van der Waals surface area contributed by atoms with Crippen molar-refractivity contribution in [1.29, 1.82) is 0 Å². The van der Waals surface area contributed by atoms with Crippen molar-refractivity contribution < 1.29 is 9.84 Å². The first-order chi connectivity index (χ1) is 6.49. The minimum absolute atomic E-state index is 0.0614. The van der Waals surface area contributed by atoms with Gasteiger partial charge in [-0.15, -0.1) is 0 Å². The SMILES string of the molecule is CC=C1C(C)C1C(OC)C(C)(O)CC. The average Bonchev–Trinajstić information content (AvgIpc) is 2.78. The number of hydrogen-bond acceptors (Lipinski definition) is 2. The molecule has 1 fully saturated rings. The summed E-state index contributed by atoms with van der Waals surface area (Å²) in [5, 5.41) is 10.2. The topological polar surface area (TPSA) is 29.5 Å². The van der Waals surface area contributed by atoms with E-state index < -0.39 is 5.60 Å². The Bertz CT molecular complexity index is 230. The summed E-state index contributed by atoms with van der Waals surface area (Å²) in [6, 6.07) is 0. The molecule has 2 nitrogen and oxygen atoms in total. The Hall–Kier alpha value is -0.340. The van der Waals surface area contributed by atoms with Gasteiger partial charge in [0.1, 0.15) is 0 Å². The van der Waals surface area contributed by atoms with Crippen LogP contribution >= 0.6 is 0 Å². The van der Waals surface area contributed by atoms with Gasteiger partial charge in [0.2, 0.25) is 0 Å². The largest absolute Gasteiger partial charge is 0.387 e. The molecular weight excluding hydrogens is 176 g/mol. The van der Waals surface area contributed by atoms with E-state index in [-0.39, 0.29) is 6.10 Å². The van der Waals surface area contributed by atoms with Gasteiger partial charge < -0.3 is 9.84 Å². The van der Waals surface area contributed by atoms with Crippen molar-refractivity contribution in [2.75, 3.05) is 7.11 Å². The Balaban J connectivity index is 2.75. The molecular formula is C12H22O2. The Morgan fingerprint density at radius 3 is 2.50 bits per heavy atom. The van der Waals surface area contributed by atoms with Gasteiger partial charge in [-0.1, -0.05) is 25.5 Å². The van der Waals surface area contributed by atoms with Gasteiger partial charge in [-0.3, -0.25) is 0 Å². The van der Waals surface area contributed by atoms with Crippen LogP contribution in [-0.2, 0) is 4.74 Å². The first-order valence-electron chi connectivity index (χ1n) is 5.40. The first-order valence-corrected chi connectivity index (χ1v) is 5.40. The van der Waals surface area contributed by atoms with Gasteiger partial charge in [-0.05, 0) is 26.2 Å². The zero-order valence-electron chi connectivity index (χ0n) is 9.87. The van der Waals surface area contributed by atoms with Crippen molar-refractivity contribution >= 4 is 0 Å². The fourth-order valence-corrected chi connectivity index (χ4v) is 2.33. The molecule has 2 heteroatoms. The molecule has 0 spiro atoms. The van der Waals surface area contributed by atoms with Crippen molar-refractivity contribution in [1.82, 2.24) is 0 Å². The molecule has 0 bridgehead atoms. The highest BCUT2D eigenvalue weighted by Gasteiger charge is 2.51. The van der Waals surface area contributed by atoms with Crippen LogP contribution in [0.15, 0.2) is 11.6 Å². The molecule has 14 heavy (non-hydrogen) atoms. The average molecular weight is 198 g/mol. The van der Waals surface area contributed by atoms with Gasteiger partial charge in [0.15, 0.2) is 0 Å². The second-order valence-corrected chi connectivity index (χ2v) is 4.47. The van der Waals surface area contributed by atoms with E-state index in [4.69, 9.17) is 4.74 Å². The second-order valence-electron chi connectivity index (χ2n) is 4.47. The maximum Gasteiger partial charge on any atom is 0.0926 e. The Labute approximate surface area is 87.0 Å². The molecule has 0 heterocycles. The third kappa shape index (κ3) is 1.86. The Kier molecular flexibility index (Phi) is 3.38. The van der Waals surface area contributed by atoms with Crippen LogP contribution in [0.3, 0.4) is 0 Å². The molecule has 0 saturated heterocycles. The standard InChI is InChI=1S/C12H22O2/c1-6-9-8(3)10(9)11(14-5)12(4,13)7-2/h6,8,10-11,13H,7H2,1-5H3. The van der Waals surface area contributed by atoms with E-state index in [1.807, 2.05) is 13.8 Å². The lowest BCUT2D eigenvalue weighted by atomic mass is 9.91. The van der Waals surface area contributed by atoms with Crippen LogP contribution in [0.5, 0.6) is 0 Å². The molecule has 1 rings (SSSR count). The lowest BCUT2D eigenvalue weighted by Crippen LogP contribution is -2.42. The first kappa shape index (κ1) is 11.7. The minimum atomic E-state index is -0.710. The lowest BCUT2D eigenvalue weighted by Gasteiger charge is -2.31. The summed E-state index contributed by atoms with van der Waals surface area (Å²) in [5.74, 6) is 0.989. The Morgan fingerprint density at radius 1 is 1.64 bits per heavy atom. The van der Waals surface area contributed by atoms with Gasteiger partial charge in [0.05, 0.1) is 11.7 Å². The second kappa shape index (κ2) is 4.03. The zero-order valence-corrected chi connectivity index (χ0v) is 9.87. The molecule has 0 aliphatic heterocycles. The van der Waals surface area contributed by atoms with Crippen molar-refractivity contribution in [2.45, 2.75) is 45.8 Å². The third-order valence-corrected chi connectivity index (χ3v) is 3.58. The van der Waals surface area contributed by atoms with Gasteiger partial charge in [-0.25, -0.2) is 0 Å². The van der Waals surface area contributed by atoms with Gasteiger partial charge in [0.25, 0.3) is 0 Å². The molecule has 0 radical (unpaired) electrons. The molecule has 1 aliphatic carbocycles. The molecule has 0 amide bonds. The third-order valence-electron chi connectivity index (χ3n) is 3.58. The number of hydrogen-bond donors (Lipinski definition) is 1. The number of ether oxygens (including phenoxy) is 1. The minimum Gasteiger partial charge on any atom is -0.387 e. The zero-order chi connectivity index (χ0) is 10.9. The number of methoxy groups -OCH3 is 1. The number of rotatable bonds is 4. The van der Waals surface area contributed by atoms with E-state index in [9.17, 15) is 5.11 Å². The van der Waals surface area contributed by atoms with Crippen molar-refractivity contribution in [3.8, 4) is 0 Å². The predicted molar refractivity (Wildman–Crippen MR) is 58.1 cm³/mol. The van der Waals surface area contributed by atoms with Crippen LogP contribution in [0.4, 0.5) is 0 Å². The molecule has 0 aromatic rings. The lowest BCUT2D eigenvalue weighted by molar-refractivity contribution is -0.0938. The maximum atomic E-state index is 10.2. The molecule has 82 valence electrons. The van der Waals surface area contributed by atoms with E-state index in [0.29, 0.717) is 11.8 Å². The van der Waals surface area contributed by atoms with E-state index in [1.54, 1.807) is 7.11 Å². The smallest absolute Gasteiger partial charge is 0.0926 e. The summed E-state index contributed by atoms with van der Waals surface area (Å²) < 4.78 is 5.44. The van der Waals surface area contributed by atoms with Crippen LogP contribution in [0.1, 0.15) is 34.1 Å². The fourth-order valence-electron chi connectivity index (χ4n) is 2.33. The van der Waals surface area contributed by atoms with Gasteiger partial charge in [-0.2, -0.15) is 0 Å². The molecule has 0 aromatic heterocycles. The van der Waals surface area contributed by atoms with E-state index in [0.717, 1.165) is 6.42 Å². The molecule has 1 saturated carbocycles. The maximum absolute atomic E-state index is 10.2. The van der Waals surface area contributed by atoms with E-state index >= 15 is 0 Å². The molecule has 1 N–H and O–H groups in total. The summed E-state index contributed by atoms with van der Waals surface area (Å²) in [6.07, 6.45) is 2.81. The van der Waals surface area contributed by atoms with Crippen LogP contribution in [0.2, 0.25) is 0 Å². The molecule has 4 atom stereocenters. The van der Waals surface area contributed by atoms with Crippen molar-refractivity contribution in [3.63, 3.8) is 0 Å². The summed E-state index contributed by atoms with van der Waals surface area (Å²) in [6.45, 7) is 8.10. The van der Waals surface area contributed by atoms with Gasteiger partial charge in [0, 0.05) is 13.0 Å². The molecule has 0 aromatic carbocycles. The van der Waals surface area contributed by atoms with Crippen LogP contribution < -0.4 is 0 Å². The van der Waals surface area contributed by atoms with Crippen LogP contribution in [0.25, 0.3) is 0 Å². The summed E-state index contributed by atoms with van der Waals surface area (Å²) >= 11 is 0. The molecule has 4 unspecified atom stereocenters. The summed E-state index contributed by atoms with van der Waals surface area (Å²) in [7, 11) is 1.69. The van der Waals surface area contributed by atoms with Crippen molar-refractivity contribution in [2.24, 2.45) is 11.8 Å². The fraction of sp³-hybridized carbons (Fsp3) is 0.833. The van der Waals surface area contributed by atoms with Crippen LogP contribution in [-0.4, -0.2) is 23.9 Å². The highest BCUT2D eigenvalue weighted by molar-refractivity contribution is 5.31. The normalized spacial score (nSPS) is 35.4. The van der Waals surface area contributed by atoms with E-state index in [1.165, 1.54) is 5.57 Å². The van der Waals surface area contributed by atoms with Crippen molar-refractivity contribution in [3.05, 3.63) is 11.6 Å².